The van der Waals surface area contributed by atoms with Crippen molar-refractivity contribution in [3.63, 3.8) is 0 Å². The van der Waals surface area contributed by atoms with E-state index in [1.807, 2.05) is 6.07 Å². The summed E-state index contributed by atoms with van der Waals surface area (Å²) < 4.78 is 41.0. The van der Waals surface area contributed by atoms with Crippen molar-refractivity contribution in [3.05, 3.63) is 39.7 Å². The number of aromatic amines is 1. The number of pyridine rings is 1. The third kappa shape index (κ3) is 2.29. The summed E-state index contributed by atoms with van der Waals surface area (Å²) in [7, 11) is 0. The SMILES string of the molecule is O=c1cc(C(F)(F)F)c2c3c(ccc2[nH]1)N(CC1CC1)C1CCCC31. The van der Waals surface area contributed by atoms with Crippen molar-refractivity contribution in [2.75, 3.05) is 11.4 Å². The molecule has 6 heteroatoms. The number of aromatic nitrogens is 1. The molecule has 2 unspecified atom stereocenters. The van der Waals surface area contributed by atoms with Gasteiger partial charge in [0.1, 0.15) is 0 Å². The van der Waals surface area contributed by atoms with E-state index in [1.54, 1.807) is 6.07 Å². The van der Waals surface area contributed by atoms with Gasteiger partial charge < -0.3 is 9.88 Å². The third-order valence-electron chi connectivity index (χ3n) is 6.04. The van der Waals surface area contributed by atoms with Crippen LogP contribution in [-0.4, -0.2) is 17.6 Å². The van der Waals surface area contributed by atoms with Crippen molar-refractivity contribution in [3.8, 4) is 0 Å². The van der Waals surface area contributed by atoms with Gasteiger partial charge in [0.2, 0.25) is 5.56 Å². The summed E-state index contributed by atoms with van der Waals surface area (Å²) in [6, 6.07) is 4.59. The Hall–Kier alpha value is -1.98. The molecule has 132 valence electrons. The molecule has 0 radical (unpaired) electrons. The number of anilines is 1. The zero-order chi connectivity index (χ0) is 17.3. The number of rotatable bonds is 2. The summed E-state index contributed by atoms with van der Waals surface area (Å²) in [5, 5.41) is 0.208. The molecule has 1 aliphatic heterocycles. The van der Waals surface area contributed by atoms with Crippen LogP contribution in [0.3, 0.4) is 0 Å². The van der Waals surface area contributed by atoms with Gasteiger partial charge in [0.15, 0.2) is 0 Å². The van der Waals surface area contributed by atoms with E-state index in [2.05, 4.69) is 9.88 Å². The molecule has 25 heavy (non-hydrogen) atoms. The van der Waals surface area contributed by atoms with E-state index in [9.17, 15) is 18.0 Å². The second kappa shape index (κ2) is 5.02. The fourth-order valence-corrected chi connectivity index (χ4v) is 4.87. The summed E-state index contributed by atoms with van der Waals surface area (Å²) in [5.41, 5.74) is 0.575. The van der Waals surface area contributed by atoms with E-state index in [0.29, 0.717) is 17.5 Å². The predicted octanol–water partition coefficient (Wildman–Crippen LogP) is 4.41. The fraction of sp³-hybridized carbons (Fsp3) is 0.526. The quantitative estimate of drug-likeness (QED) is 0.872. The van der Waals surface area contributed by atoms with Gasteiger partial charge in [0.05, 0.1) is 5.56 Å². The number of nitrogens with one attached hydrogen (secondary N) is 1. The van der Waals surface area contributed by atoms with E-state index in [4.69, 9.17) is 0 Å². The zero-order valence-electron chi connectivity index (χ0n) is 13.7. The number of nitrogens with zero attached hydrogens (tertiary/aromatic N) is 1. The molecule has 3 aliphatic rings. The number of halogens is 3. The molecule has 1 aromatic carbocycles. The van der Waals surface area contributed by atoms with Crippen LogP contribution in [0, 0.1) is 5.92 Å². The first-order chi connectivity index (χ1) is 11.9. The molecule has 0 saturated heterocycles. The standard InChI is InChI=1S/C19H19F3N2O/c20-19(21,22)12-8-16(25)23-13-6-7-15-17(18(12)13)11-2-1-3-14(11)24(15)9-10-4-5-10/h6-8,10-11,14H,1-5,9H2,(H,23,25). The normalized spacial score (nSPS) is 25.5. The Balaban J connectivity index is 1.79. The molecule has 1 aromatic heterocycles. The fourth-order valence-electron chi connectivity index (χ4n) is 4.87. The van der Waals surface area contributed by atoms with Crippen LogP contribution in [0.25, 0.3) is 10.9 Å². The summed E-state index contributed by atoms with van der Waals surface area (Å²) in [6.45, 7) is 0.949. The number of hydrogen-bond acceptors (Lipinski definition) is 2. The molecular formula is C19H19F3N2O. The Morgan fingerprint density at radius 1 is 1.16 bits per heavy atom. The minimum absolute atomic E-state index is 0.143. The van der Waals surface area contributed by atoms with Crippen LogP contribution >= 0.6 is 0 Å². The van der Waals surface area contributed by atoms with Gasteiger partial charge in [0, 0.05) is 41.2 Å². The maximum Gasteiger partial charge on any atom is 0.417 e. The third-order valence-corrected chi connectivity index (χ3v) is 6.04. The van der Waals surface area contributed by atoms with Gasteiger partial charge in [-0.25, -0.2) is 0 Å². The van der Waals surface area contributed by atoms with Gasteiger partial charge in [-0.05, 0) is 49.3 Å². The van der Waals surface area contributed by atoms with Gasteiger partial charge in [0.25, 0.3) is 0 Å². The largest absolute Gasteiger partial charge is 0.417 e. The first-order valence-corrected chi connectivity index (χ1v) is 8.97. The summed E-state index contributed by atoms with van der Waals surface area (Å²) >= 11 is 0. The van der Waals surface area contributed by atoms with Crippen LogP contribution in [0.15, 0.2) is 23.0 Å². The number of benzene rings is 1. The topological polar surface area (TPSA) is 36.1 Å². The van der Waals surface area contributed by atoms with E-state index in [0.717, 1.165) is 43.1 Å². The Morgan fingerprint density at radius 3 is 2.68 bits per heavy atom. The van der Waals surface area contributed by atoms with E-state index in [1.165, 1.54) is 12.8 Å². The van der Waals surface area contributed by atoms with E-state index in [-0.39, 0.29) is 11.3 Å². The van der Waals surface area contributed by atoms with Crippen molar-refractivity contribution in [2.45, 2.75) is 50.2 Å². The van der Waals surface area contributed by atoms with Crippen molar-refractivity contribution in [2.24, 2.45) is 5.92 Å². The highest BCUT2D eigenvalue weighted by Gasteiger charge is 2.45. The molecule has 0 bridgehead atoms. The number of alkyl halides is 3. The highest BCUT2D eigenvalue weighted by molar-refractivity contribution is 5.93. The van der Waals surface area contributed by atoms with Crippen LogP contribution in [0.5, 0.6) is 0 Å². The van der Waals surface area contributed by atoms with E-state index < -0.39 is 17.3 Å². The Kier molecular flexibility index (Phi) is 3.07. The maximum absolute atomic E-state index is 13.7. The molecule has 1 N–H and O–H groups in total. The lowest BCUT2D eigenvalue weighted by atomic mass is 9.91. The number of H-pyrrole nitrogens is 1. The Bertz CT molecular complexity index is 913. The van der Waals surface area contributed by atoms with Crippen LogP contribution in [0.1, 0.15) is 49.1 Å². The van der Waals surface area contributed by atoms with Gasteiger partial charge in [-0.3, -0.25) is 4.79 Å². The molecule has 0 amide bonds. The van der Waals surface area contributed by atoms with Crippen LogP contribution in [0.4, 0.5) is 18.9 Å². The first kappa shape index (κ1) is 15.3. The molecule has 5 rings (SSSR count). The average molecular weight is 348 g/mol. The van der Waals surface area contributed by atoms with Gasteiger partial charge in [-0.15, -0.1) is 0 Å². The molecule has 2 heterocycles. The minimum atomic E-state index is -4.53. The average Bonchev–Trinajstić information content (AvgIpc) is 3.15. The molecule has 2 aromatic rings. The molecule has 3 nitrogen and oxygen atoms in total. The van der Waals surface area contributed by atoms with Crippen LogP contribution < -0.4 is 10.5 Å². The molecule has 0 spiro atoms. The lowest BCUT2D eigenvalue weighted by Gasteiger charge is -2.27. The highest BCUT2D eigenvalue weighted by atomic mass is 19.4. The monoisotopic (exact) mass is 348 g/mol. The molecule has 2 atom stereocenters. The van der Waals surface area contributed by atoms with Crippen molar-refractivity contribution >= 4 is 16.6 Å². The maximum atomic E-state index is 13.7. The van der Waals surface area contributed by atoms with Gasteiger partial charge >= 0.3 is 6.18 Å². The molecule has 2 saturated carbocycles. The first-order valence-electron chi connectivity index (χ1n) is 8.97. The van der Waals surface area contributed by atoms with Gasteiger partial charge in [-0.1, -0.05) is 6.42 Å². The van der Waals surface area contributed by atoms with Crippen molar-refractivity contribution in [1.29, 1.82) is 0 Å². The van der Waals surface area contributed by atoms with E-state index >= 15 is 0 Å². The second-order valence-electron chi connectivity index (χ2n) is 7.67. The van der Waals surface area contributed by atoms with Crippen molar-refractivity contribution < 1.29 is 13.2 Å². The smallest absolute Gasteiger partial charge is 0.367 e. The molecular weight excluding hydrogens is 329 g/mol. The zero-order valence-corrected chi connectivity index (χ0v) is 13.7. The molecule has 2 fully saturated rings. The highest BCUT2D eigenvalue weighted by Crippen LogP contribution is 2.54. The molecule has 2 aliphatic carbocycles. The number of fused-ring (bicyclic) bond motifs is 5. The van der Waals surface area contributed by atoms with Crippen molar-refractivity contribution in [1.82, 2.24) is 4.98 Å². The Labute approximate surface area is 142 Å². The van der Waals surface area contributed by atoms with Crippen LogP contribution in [-0.2, 0) is 6.18 Å². The summed E-state index contributed by atoms with van der Waals surface area (Å²) in [5.74, 6) is 0.824. The lowest BCUT2D eigenvalue weighted by Crippen LogP contribution is -2.33. The second-order valence-corrected chi connectivity index (χ2v) is 7.67. The van der Waals surface area contributed by atoms with Gasteiger partial charge in [-0.2, -0.15) is 13.2 Å². The predicted molar refractivity (Wildman–Crippen MR) is 90.0 cm³/mol. The van der Waals surface area contributed by atoms with Crippen LogP contribution in [0.2, 0.25) is 0 Å². The lowest BCUT2D eigenvalue weighted by molar-refractivity contribution is -0.136. The summed E-state index contributed by atoms with van der Waals surface area (Å²) in [4.78, 5) is 16.7. The summed E-state index contributed by atoms with van der Waals surface area (Å²) in [6.07, 6.45) is 0.930. The number of hydrogen-bond donors (Lipinski definition) is 1. The minimum Gasteiger partial charge on any atom is -0.367 e. The Morgan fingerprint density at radius 2 is 1.96 bits per heavy atom.